The number of rotatable bonds is 0. The molecule has 2 heteroatoms. The van der Waals surface area contributed by atoms with Crippen molar-refractivity contribution >= 4 is 5.78 Å². The lowest BCUT2D eigenvalue weighted by Gasteiger charge is -1.93. The Morgan fingerprint density at radius 3 is 2.38 bits per heavy atom. The first-order valence-electron chi connectivity index (χ1n) is 2.89. The zero-order valence-corrected chi connectivity index (χ0v) is 4.86. The highest BCUT2D eigenvalue weighted by Gasteiger charge is 2.30. The highest BCUT2D eigenvalue weighted by atomic mass is 19.1. The molecular weight excluding hydrogens is 107 g/mol. The molecule has 1 saturated carbocycles. The second kappa shape index (κ2) is 1.84. The molecule has 46 valence electrons. The monoisotopic (exact) mass is 116 g/mol. The van der Waals surface area contributed by atoms with Gasteiger partial charge < -0.3 is 0 Å². The summed E-state index contributed by atoms with van der Waals surface area (Å²) in [5.74, 6) is -0.227. The summed E-state index contributed by atoms with van der Waals surface area (Å²) in [5, 5.41) is 0. The Hall–Kier alpha value is -0.400. The third kappa shape index (κ3) is 0.746. The number of hydrogen-bond donors (Lipinski definition) is 0. The molecule has 8 heavy (non-hydrogen) atoms. The fourth-order valence-corrected chi connectivity index (χ4v) is 0.990. The number of carbonyl (C=O) groups excluding carboxylic acids is 1. The van der Waals surface area contributed by atoms with Gasteiger partial charge in [-0.25, -0.2) is 4.39 Å². The second-order valence-electron chi connectivity index (χ2n) is 2.35. The first-order valence-corrected chi connectivity index (χ1v) is 2.89. The van der Waals surface area contributed by atoms with Crippen LogP contribution in [-0.4, -0.2) is 12.0 Å². The van der Waals surface area contributed by atoms with Gasteiger partial charge in [-0.3, -0.25) is 4.79 Å². The normalized spacial score (nSPS) is 38.5. The zero-order chi connectivity index (χ0) is 6.15. The zero-order valence-electron chi connectivity index (χ0n) is 4.86. The highest BCUT2D eigenvalue weighted by Crippen LogP contribution is 2.22. The van der Waals surface area contributed by atoms with Gasteiger partial charge in [-0.2, -0.15) is 0 Å². The van der Waals surface area contributed by atoms with Gasteiger partial charge in [0.2, 0.25) is 0 Å². The summed E-state index contributed by atoms with van der Waals surface area (Å²) < 4.78 is 12.2. The van der Waals surface area contributed by atoms with Gasteiger partial charge in [-0.15, -0.1) is 0 Å². The third-order valence-electron chi connectivity index (χ3n) is 1.65. The molecule has 1 nitrogen and oxygen atoms in total. The average molecular weight is 116 g/mol. The minimum absolute atomic E-state index is 0.0231. The molecule has 0 amide bonds. The number of hydrogen-bond acceptors (Lipinski definition) is 1. The fourth-order valence-electron chi connectivity index (χ4n) is 0.990. The van der Waals surface area contributed by atoms with E-state index in [1.165, 1.54) is 0 Å². The van der Waals surface area contributed by atoms with Crippen molar-refractivity contribution in [2.75, 3.05) is 0 Å². The minimum Gasteiger partial charge on any atom is -0.296 e. The van der Waals surface area contributed by atoms with E-state index in [-0.39, 0.29) is 11.7 Å². The van der Waals surface area contributed by atoms with Crippen molar-refractivity contribution < 1.29 is 9.18 Å². The molecule has 0 aliphatic heterocycles. The minimum atomic E-state index is -1.15. The largest absolute Gasteiger partial charge is 0.296 e. The summed E-state index contributed by atoms with van der Waals surface area (Å²) in [5.41, 5.74) is 0. The highest BCUT2D eigenvalue weighted by molar-refractivity contribution is 5.86. The predicted octanol–water partition coefficient (Wildman–Crippen LogP) is 1.32. The quantitative estimate of drug-likeness (QED) is 0.466. The lowest BCUT2D eigenvalue weighted by molar-refractivity contribution is -0.124. The molecule has 0 radical (unpaired) electrons. The molecule has 0 heterocycles. The lowest BCUT2D eigenvalue weighted by atomic mass is 10.1. The summed E-state index contributed by atoms with van der Waals surface area (Å²) in [6.45, 7) is 1.78. The van der Waals surface area contributed by atoms with E-state index in [0.29, 0.717) is 6.42 Å². The summed E-state index contributed by atoms with van der Waals surface area (Å²) in [6, 6.07) is 0. The second-order valence-corrected chi connectivity index (χ2v) is 2.35. The van der Waals surface area contributed by atoms with E-state index in [2.05, 4.69) is 0 Å². The van der Waals surface area contributed by atoms with Crippen LogP contribution < -0.4 is 0 Å². The fraction of sp³-hybridized carbons (Fsp3) is 0.833. The molecule has 1 rings (SSSR count). The summed E-state index contributed by atoms with van der Waals surface area (Å²) in [7, 11) is 0. The molecule has 0 bridgehead atoms. The van der Waals surface area contributed by atoms with Crippen LogP contribution in [0.3, 0.4) is 0 Å². The Kier molecular flexibility index (Phi) is 1.32. The van der Waals surface area contributed by atoms with E-state index in [0.717, 1.165) is 6.42 Å². The molecule has 0 aromatic heterocycles. The molecule has 2 atom stereocenters. The number of Topliss-reactive ketones (excluding diaryl/α,β-unsaturated/α-hetero) is 1. The molecule has 1 aliphatic rings. The van der Waals surface area contributed by atoms with Crippen LogP contribution in [0.5, 0.6) is 0 Å². The molecule has 0 aromatic carbocycles. The Morgan fingerprint density at radius 1 is 1.62 bits per heavy atom. The maximum absolute atomic E-state index is 12.2. The van der Waals surface area contributed by atoms with Crippen LogP contribution in [0.15, 0.2) is 0 Å². The molecule has 0 saturated heterocycles. The summed E-state index contributed by atoms with van der Waals surface area (Å²) in [6.07, 6.45) is 0.0324. The molecule has 0 N–H and O–H groups in total. The first-order chi connectivity index (χ1) is 3.72. The van der Waals surface area contributed by atoms with Gasteiger partial charge >= 0.3 is 0 Å². The van der Waals surface area contributed by atoms with Gasteiger partial charge in [-0.05, 0) is 12.8 Å². The van der Waals surface area contributed by atoms with E-state index in [1.807, 2.05) is 0 Å². The average Bonchev–Trinajstić information content (AvgIpc) is 1.98. The number of carbonyl (C=O) groups is 1. The van der Waals surface area contributed by atoms with Crippen LogP contribution in [0.1, 0.15) is 19.8 Å². The standard InChI is InChI=1S/C6H9FO/c1-4-2-3-5(7)6(4)8/h4-5H,2-3H2,1H3/t4-,5+/m0/s1. The van der Waals surface area contributed by atoms with Gasteiger partial charge in [0.05, 0.1) is 0 Å². The van der Waals surface area contributed by atoms with Crippen molar-refractivity contribution in [3.63, 3.8) is 0 Å². The predicted molar refractivity (Wildman–Crippen MR) is 28.3 cm³/mol. The maximum atomic E-state index is 12.2. The van der Waals surface area contributed by atoms with Crippen LogP contribution in [-0.2, 0) is 4.79 Å². The molecule has 1 aliphatic carbocycles. The molecular formula is C6H9FO. The van der Waals surface area contributed by atoms with Crippen molar-refractivity contribution in [1.82, 2.24) is 0 Å². The maximum Gasteiger partial charge on any atom is 0.169 e. The van der Waals surface area contributed by atoms with Gasteiger partial charge in [0.15, 0.2) is 12.0 Å². The van der Waals surface area contributed by atoms with Gasteiger partial charge in [-0.1, -0.05) is 6.92 Å². The number of halogens is 1. The SMILES string of the molecule is C[C@H]1CC[C@@H](F)C1=O. The molecule has 0 spiro atoms. The smallest absolute Gasteiger partial charge is 0.169 e. The Balaban J connectivity index is 2.57. The Morgan fingerprint density at radius 2 is 2.25 bits per heavy atom. The molecule has 0 aromatic rings. The lowest BCUT2D eigenvalue weighted by Crippen LogP contribution is -2.11. The number of ketones is 1. The van der Waals surface area contributed by atoms with Crippen LogP contribution >= 0.6 is 0 Å². The van der Waals surface area contributed by atoms with Crippen molar-refractivity contribution in [3.8, 4) is 0 Å². The van der Waals surface area contributed by atoms with Gasteiger partial charge in [0.1, 0.15) is 0 Å². The van der Waals surface area contributed by atoms with E-state index in [9.17, 15) is 9.18 Å². The van der Waals surface area contributed by atoms with Crippen LogP contribution in [0, 0.1) is 5.92 Å². The van der Waals surface area contributed by atoms with Gasteiger partial charge in [0.25, 0.3) is 0 Å². The third-order valence-corrected chi connectivity index (χ3v) is 1.65. The van der Waals surface area contributed by atoms with Crippen molar-refractivity contribution in [2.24, 2.45) is 5.92 Å². The first kappa shape index (κ1) is 5.73. The van der Waals surface area contributed by atoms with Crippen LogP contribution in [0.4, 0.5) is 4.39 Å². The van der Waals surface area contributed by atoms with E-state index >= 15 is 0 Å². The summed E-state index contributed by atoms with van der Waals surface area (Å²) in [4.78, 5) is 10.5. The van der Waals surface area contributed by atoms with E-state index in [1.54, 1.807) is 6.92 Å². The molecule has 1 fully saturated rings. The van der Waals surface area contributed by atoms with Gasteiger partial charge in [0, 0.05) is 5.92 Å². The van der Waals surface area contributed by atoms with E-state index in [4.69, 9.17) is 0 Å². The van der Waals surface area contributed by atoms with Crippen molar-refractivity contribution in [2.45, 2.75) is 25.9 Å². The summed E-state index contributed by atoms with van der Waals surface area (Å²) >= 11 is 0. The van der Waals surface area contributed by atoms with Crippen molar-refractivity contribution in [1.29, 1.82) is 0 Å². The number of alkyl halides is 1. The van der Waals surface area contributed by atoms with Crippen LogP contribution in [0.2, 0.25) is 0 Å². The Labute approximate surface area is 47.9 Å². The van der Waals surface area contributed by atoms with Crippen molar-refractivity contribution in [3.05, 3.63) is 0 Å². The van der Waals surface area contributed by atoms with Crippen LogP contribution in [0.25, 0.3) is 0 Å². The molecule has 0 unspecified atom stereocenters. The van der Waals surface area contributed by atoms with E-state index < -0.39 is 6.17 Å². The Bertz CT molecular complexity index is 99.1. The topological polar surface area (TPSA) is 17.1 Å².